The predicted molar refractivity (Wildman–Crippen MR) is 108 cm³/mol. The lowest BCUT2D eigenvalue weighted by molar-refractivity contribution is -0.718. The quantitative estimate of drug-likeness (QED) is 0.514. The Morgan fingerprint density at radius 1 is 1.08 bits per heavy atom. The standard InChI is InChI=1S/C21H34N3OSi/c1-16(2)26(17(3)4,18(5)6)25-14-20-12-13-21-22-24(15-23(20)21)19-10-8-7-9-11-19/h7-11,15-18,20H,12-14H2,1-6H3/q+1/t20-/m0/s1. The second-order valence-corrected chi connectivity index (χ2v) is 14.0. The molecule has 0 N–H and O–H groups in total. The van der Waals surface area contributed by atoms with E-state index < -0.39 is 8.32 Å². The molecule has 1 aromatic heterocycles. The molecule has 0 unspecified atom stereocenters. The second-order valence-electron chi connectivity index (χ2n) is 8.54. The molecule has 0 radical (unpaired) electrons. The Balaban J connectivity index is 1.78. The van der Waals surface area contributed by atoms with Crippen LogP contribution in [0.25, 0.3) is 5.69 Å². The lowest BCUT2D eigenvalue weighted by Crippen LogP contribution is -2.50. The van der Waals surface area contributed by atoms with Gasteiger partial charge in [0.1, 0.15) is 11.7 Å². The van der Waals surface area contributed by atoms with Gasteiger partial charge in [-0.15, -0.1) is 0 Å². The van der Waals surface area contributed by atoms with Gasteiger partial charge in [-0.1, -0.05) is 64.4 Å². The van der Waals surface area contributed by atoms with Crippen LogP contribution in [0.4, 0.5) is 0 Å². The van der Waals surface area contributed by atoms with Crippen molar-refractivity contribution in [3.63, 3.8) is 0 Å². The van der Waals surface area contributed by atoms with Crippen LogP contribution >= 0.6 is 0 Å². The largest absolute Gasteiger partial charge is 0.412 e. The summed E-state index contributed by atoms with van der Waals surface area (Å²) in [7, 11) is -1.81. The Hall–Kier alpha value is -1.46. The molecule has 1 aliphatic heterocycles. The van der Waals surface area contributed by atoms with Crippen LogP contribution in [-0.4, -0.2) is 24.7 Å². The molecule has 0 saturated heterocycles. The van der Waals surface area contributed by atoms with Gasteiger partial charge in [0.25, 0.3) is 5.82 Å². The van der Waals surface area contributed by atoms with Crippen molar-refractivity contribution in [2.75, 3.05) is 6.61 Å². The van der Waals surface area contributed by atoms with E-state index in [0.29, 0.717) is 22.7 Å². The van der Waals surface area contributed by atoms with E-state index in [9.17, 15) is 0 Å². The highest BCUT2D eigenvalue weighted by Crippen LogP contribution is 2.42. The Bertz CT molecular complexity index is 702. The van der Waals surface area contributed by atoms with Gasteiger partial charge in [0.2, 0.25) is 14.6 Å². The summed E-state index contributed by atoms with van der Waals surface area (Å²) in [6.45, 7) is 14.9. The van der Waals surface area contributed by atoms with Crippen molar-refractivity contribution in [2.24, 2.45) is 0 Å². The minimum atomic E-state index is -1.81. The van der Waals surface area contributed by atoms with Gasteiger partial charge < -0.3 is 4.43 Å². The first-order chi connectivity index (χ1) is 12.4. The number of aromatic nitrogens is 3. The minimum absolute atomic E-state index is 0.408. The fourth-order valence-corrected chi connectivity index (χ4v) is 10.4. The first-order valence-electron chi connectivity index (χ1n) is 10.0. The molecule has 142 valence electrons. The van der Waals surface area contributed by atoms with E-state index in [-0.39, 0.29) is 0 Å². The first-order valence-corrected chi connectivity index (χ1v) is 12.2. The molecule has 2 aromatic rings. The molecule has 1 aliphatic rings. The maximum atomic E-state index is 6.85. The smallest absolute Gasteiger partial charge is 0.278 e. The van der Waals surface area contributed by atoms with Crippen LogP contribution in [0, 0.1) is 0 Å². The lowest BCUT2D eigenvalue weighted by atomic mass is 10.2. The second kappa shape index (κ2) is 7.65. The van der Waals surface area contributed by atoms with Crippen molar-refractivity contribution in [1.82, 2.24) is 9.78 Å². The van der Waals surface area contributed by atoms with Gasteiger partial charge in [-0.2, -0.15) is 0 Å². The summed E-state index contributed by atoms with van der Waals surface area (Å²) in [4.78, 5) is 0. The number of nitrogens with zero attached hydrogens (tertiary/aromatic N) is 3. The summed E-state index contributed by atoms with van der Waals surface area (Å²) >= 11 is 0. The van der Waals surface area contributed by atoms with Gasteiger partial charge in [-0.05, 0) is 35.2 Å². The van der Waals surface area contributed by atoms with E-state index in [4.69, 9.17) is 9.52 Å². The molecular weight excluding hydrogens is 338 g/mol. The summed E-state index contributed by atoms with van der Waals surface area (Å²) in [6.07, 6.45) is 4.32. The third-order valence-corrected chi connectivity index (χ3v) is 12.2. The number of hydrogen-bond donors (Lipinski definition) is 0. The topological polar surface area (TPSA) is 30.9 Å². The average Bonchev–Trinajstić information content (AvgIpc) is 3.16. The lowest BCUT2D eigenvalue weighted by Gasteiger charge is -2.42. The summed E-state index contributed by atoms with van der Waals surface area (Å²) in [5.74, 6) is 1.17. The Kier molecular flexibility index (Phi) is 5.68. The molecule has 1 aromatic carbocycles. The van der Waals surface area contributed by atoms with Crippen molar-refractivity contribution < 1.29 is 8.99 Å². The van der Waals surface area contributed by atoms with Crippen molar-refractivity contribution in [3.05, 3.63) is 42.5 Å². The van der Waals surface area contributed by atoms with Gasteiger partial charge >= 0.3 is 0 Å². The average molecular weight is 373 g/mol. The fourth-order valence-electron chi connectivity index (χ4n) is 4.91. The van der Waals surface area contributed by atoms with Crippen molar-refractivity contribution in [2.45, 2.75) is 77.0 Å². The number of benzene rings is 1. The third kappa shape index (κ3) is 3.39. The molecule has 0 fully saturated rings. The monoisotopic (exact) mass is 372 g/mol. The van der Waals surface area contributed by atoms with Crippen LogP contribution < -0.4 is 4.57 Å². The number of fused-ring (bicyclic) bond motifs is 1. The minimum Gasteiger partial charge on any atom is -0.412 e. The number of rotatable bonds is 7. The summed E-state index contributed by atoms with van der Waals surface area (Å²) in [6, 6.07) is 10.8. The van der Waals surface area contributed by atoms with Crippen molar-refractivity contribution in [1.29, 1.82) is 0 Å². The van der Waals surface area contributed by atoms with Crippen LogP contribution in [0.15, 0.2) is 36.7 Å². The maximum absolute atomic E-state index is 6.85. The van der Waals surface area contributed by atoms with Gasteiger partial charge in [-0.3, -0.25) is 0 Å². The van der Waals surface area contributed by atoms with Gasteiger partial charge in [-0.25, -0.2) is 4.57 Å². The van der Waals surface area contributed by atoms with E-state index in [0.717, 1.165) is 25.1 Å². The maximum Gasteiger partial charge on any atom is 0.278 e. The van der Waals surface area contributed by atoms with E-state index >= 15 is 0 Å². The molecular formula is C21H34N3OSi+. The number of aryl methyl sites for hydroxylation is 1. The Morgan fingerprint density at radius 3 is 2.27 bits per heavy atom. The zero-order chi connectivity index (χ0) is 18.9. The number of para-hydroxylation sites is 1. The molecule has 0 bridgehead atoms. The molecule has 2 heterocycles. The van der Waals surface area contributed by atoms with Crippen LogP contribution in [0.5, 0.6) is 0 Å². The highest BCUT2D eigenvalue weighted by molar-refractivity contribution is 6.77. The molecule has 0 aliphatic carbocycles. The first kappa shape index (κ1) is 19.3. The molecule has 5 heteroatoms. The highest BCUT2D eigenvalue weighted by atomic mass is 28.4. The van der Waals surface area contributed by atoms with E-state index in [2.05, 4.69) is 76.7 Å². The van der Waals surface area contributed by atoms with E-state index in [1.54, 1.807) is 0 Å². The van der Waals surface area contributed by atoms with Crippen molar-refractivity contribution >= 4 is 8.32 Å². The van der Waals surface area contributed by atoms with Crippen LogP contribution in [0.1, 0.15) is 59.8 Å². The fraction of sp³-hybridized carbons (Fsp3) is 0.619. The van der Waals surface area contributed by atoms with E-state index in [1.165, 1.54) is 5.82 Å². The zero-order valence-electron chi connectivity index (χ0n) is 17.1. The summed E-state index contributed by atoms with van der Waals surface area (Å²) in [5, 5.41) is 4.80. The molecule has 4 nitrogen and oxygen atoms in total. The normalized spacial score (nSPS) is 17.5. The SMILES string of the molecule is CC(C)[Si](OC[C@@H]1CCc2nn(-c3ccccc3)c[n+]21)(C(C)C)C(C)C. The van der Waals surface area contributed by atoms with E-state index in [1.807, 2.05) is 10.7 Å². The highest BCUT2D eigenvalue weighted by Gasteiger charge is 2.46. The molecule has 1 atom stereocenters. The Morgan fingerprint density at radius 2 is 1.69 bits per heavy atom. The summed E-state index contributed by atoms with van der Waals surface area (Å²) < 4.78 is 11.2. The predicted octanol–water partition coefficient (Wildman–Crippen LogP) is 4.84. The summed E-state index contributed by atoms with van der Waals surface area (Å²) in [5.41, 5.74) is 2.99. The zero-order valence-corrected chi connectivity index (χ0v) is 18.1. The van der Waals surface area contributed by atoms with Crippen LogP contribution in [0.3, 0.4) is 0 Å². The van der Waals surface area contributed by atoms with Gasteiger partial charge in [0, 0.05) is 11.5 Å². The molecule has 3 rings (SSSR count). The van der Waals surface area contributed by atoms with Crippen LogP contribution in [-0.2, 0) is 10.8 Å². The number of hydrogen-bond acceptors (Lipinski definition) is 2. The van der Waals surface area contributed by atoms with Gasteiger partial charge in [0.15, 0.2) is 0 Å². The Labute approximate surface area is 159 Å². The third-order valence-electron chi connectivity index (χ3n) is 6.10. The molecule has 0 spiro atoms. The molecule has 26 heavy (non-hydrogen) atoms. The van der Waals surface area contributed by atoms with Gasteiger partial charge in [0.05, 0.1) is 6.61 Å². The van der Waals surface area contributed by atoms with Crippen molar-refractivity contribution in [3.8, 4) is 5.69 Å². The van der Waals surface area contributed by atoms with Crippen LogP contribution in [0.2, 0.25) is 16.6 Å². The molecule has 0 amide bonds. The molecule has 0 saturated carbocycles.